The van der Waals surface area contributed by atoms with Gasteiger partial charge >= 0.3 is 0 Å². The van der Waals surface area contributed by atoms with E-state index in [4.69, 9.17) is 0 Å². The Hall–Kier alpha value is -1.26. The van der Waals surface area contributed by atoms with Crippen molar-refractivity contribution < 1.29 is 4.79 Å². The maximum atomic E-state index is 10.5. The second-order valence-electron chi connectivity index (χ2n) is 6.21. The van der Waals surface area contributed by atoms with Gasteiger partial charge in [0.1, 0.15) is 6.29 Å². The van der Waals surface area contributed by atoms with Crippen LogP contribution in [0.3, 0.4) is 0 Å². The Morgan fingerprint density at radius 1 is 1.38 bits per heavy atom. The van der Waals surface area contributed by atoms with Gasteiger partial charge in [0.2, 0.25) is 0 Å². The lowest BCUT2D eigenvalue weighted by Gasteiger charge is -2.40. The average molecular weight is 300 g/mol. The number of carbonyl (C=O) groups is 1. The van der Waals surface area contributed by atoms with Gasteiger partial charge in [0.15, 0.2) is 0 Å². The lowest BCUT2D eigenvalue weighted by Crippen LogP contribution is -2.47. The Kier molecular flexibility index (Phi) is 3.51. The summed E-state index contributed by atoms with van der Waals surface area (Å²) in [6.45, 7) is 1.09. The molecule has 4 rings (SSSR count). The predicted octanol–water partition coefficient (Wildman–Crippen LogP) is 2.72. The van der Waals surface area contributed by atoms with Crippen LogP contribution < -0.4 is 5.32 Å². The Labute approximate surface area is 128 Å². The van der Waals surface area contributed by atoms with Crippen molar-refractivity contribution >= 4 is 29.0 Å². The zero-order chi connectivity index (χ0) is 14.2. The zero-order valence-electron chi connectivity index (χ0n) is 12.0. The molecular weight excluding hydrogens is 280 g/mol. The van der Waals surface area contributed by atoms with Crippen LogP contribution in [-0.4, -0.2) is 35.4 Å². The summed E-state index contributed by atoms with van der Waals surface area (Å²) < 4.78 is 0. The first-order chi connectivity index (χ1) is 10.4. The van der Waals surface area contributed by atoms with Crippen LogP contribution in [0.5, 0.6) is 0 Å². The van der Waals surface area contributed by atoms with E-state index in [0.717, 1.165) is 25.0 Å². The van der Waals surface area contributed by atoms with Gasteiger partial charge in [-0.25, -0.2) is 0 Å². The van der Waals surface area contributed by atoms with Crippen LogP contribution in [0.4, 0.5) is 0 Å². The summed E-state index contributed by atoms with van der Waals surface area (Å²) in [5, 5.41) is 5.22. The number of benzene rings is 1. The highest BCUT2D eigenvalue weighted by Crippen LogP contribution is 2.42. The third-order valence-electron chi connectivity index (χ3n) is 4.94. The van der Waals surface area contributed by atoms with Crippen molar-refractivity contribution in [2.24, 2.45) is 5.92 Å². The van der Waals surface area contributed by atoms with Crippen LogP contribution in [0.2, 0.25) is 0 Å². The molecule has 1 unspecified atom stereocenters. The minimum Gasteiger partial charge on any atom is -0.361 e. The first-order valence-electron chi connectivity index (χ1n) is 7.70. The van der Waals surface area contributed by atoms with Gasteiger partial charge in [-0.3, -0.25) is 0 Å². The molecule has 3 nitrogen and oxygen atoms in total. The first kappa shape index (κ1) is 13.4. The van der Waals surface area contributed by atoms with Crippen molar-refractivity contribution in [3.8, 4) is 0 Å². The van der Waals surface area contributed by atoms with Crippen molar-refractivity contribution in [1.82, 2.24) is 10.3 Å². The molecule has 0 amide bonds. The molecule has 1 aromatic heterocycles. The largest absolute Gasteiger partial charge is 0.361 e. The molecule has 2 aromatic rings. The molecule has 2 heterocycles. The molecule has 2 N–H and O–H groups in total. The molecule has 3 atom stereocenters. The number of nitrogens with one attached hydrogen (secondary N) is 2. The van der Waals surface area contributed by atoms with E-state index in [9.17, 15) is 4.79 Å². The number of thioether (sulfide) groups is 1. The first-order valence-corrected chi connectivity index (χ1v) is 8.86. The van der Waals surface area contributed by atoms with E-state index in [1.807, 2.05) is 0 Å². The third kappa shape index (κ3) is 2.30. The molecule has 4 heteroatoms. The Morgan fingerprint density at radius 3 is 3.24 bits per heavy atom. The maximum absolute atomic E-state index is 10.5. The van der Waals surface area contributed by atoms with E-state index in [1.54, 1.807) is 11.8 Å². The van der Waals surface area contributed by atoms with E-state index in [0.29, 0.717) is 23.6 Å². The third-order valence-corrected chi connectivity index (χ3v) is 6.02. The van der Waals surface area contributed by atoms with Crippen LogP contribution in [0.15, 0.2) is 24.4 Å². The minimum absolute atomic E-state index is 0.575. The van der Waals surface area contributed by atoms with Gasteiger partial charge in [-0.1, -0.05) is 12.1 Å². The zero-order valence-corrected chi connectivity index (χ0v) is 12.8. The number of aldehydes is 1. The number of hydrogen-bond acceptors (Lipinski definition) is 3. The summed E-state index contributed by atoms with van der Waals surface area (Å²) in [5.74, 6) is 3.01. The monoisotopic (exact) mass is 300 g/mol. The molecule has 0 spiro atoms. The summed E-state index contributed by atoms with van der Waals surface area (Å²) in [5.41, 5.74) is 4.25. The number of carbonyl (C=O) groups excluding carboxylic acids is 1. The van der Waals surface area contributed by atoms with Crippen molar-refractivity contribution in [3.63, 3.8) is 0 Å². The number of fused-ring (bicyclic) bond motifs is 2. The fourth-order valence-corrected chi connectivity index (χ4v) is 4.85. The number of aromatic nitrogens is 1. The van der Waals surface area contributed by atoms with Gasteiger partial charge in [-0.2, -0.15) is 11.8 Å². The summed E-state index contributed by atoms with van der Waals surface area (Å²) in [6, 6.07) is 7.23. The van der Waals surface area contributed by atoms with Crippen molar-refractivity contribution in [1.29, 1.82) is 0 Å². The summed E-state index contributed by atoms with van der Waals surface area (Å²) in [6.07, 6.45) is 5.57. The highest BCUT2D eigenvalue weighted by atomic mass is 32.2. The summed E-state index contributed by atoms with van der Waals surface area (Å²) >= 11 is 1.76. The normalized spacial score (nSPS) is 27.5. The molecule has 1 saturated heterocycles. The number of hydrogen-bond donors (Lipinski definition) is 2. The summed E-state index contributed by atoms with van der Waals surface area (Å²) in [4.78, 5) is 13.9. The topological polar surface area (TPSA) is 44.9 Å². The van der Waals surface area contributed by atoms with Gasteiger partial charge in [-0.15, -0.1) is 0 Å². The van der Waals surface area contributed by atoms with Crippen LogP contribution >= 0.6 is 11.8 Å². The standard InChI is InChI=1S/C17H20N2OS/c20-4-5-21-10-11-6-14-13-2-1-3-15-17(13)12(9-19-15)7-16(14)18-8-11/h1-4,9,11,14,16,18-19H,5-8,10H2/t11?,14-,16-/m1/s1. The highest BCUT2D eigenvalue weighted by Gasteiger charge is 2.35. The van der Waals surface area contributed by atoms with Crippen LogP contribution in [0, 0.1) is 5.92 Å². The van der Waals surface area contributed by atoms with Gasteiger partial charge in [-0.05, 0) is 48.3 Å². The van der Waals surface area contributed by atoms with Crippen molar-refractivity contribution in [2.75, 3.05) is 18.1 Å². The Balaban J connectivity index is 1.61. The molecule has 2 aliphatic rings. The molecule has 0 saturated carbocycles. The second-order valence-corrected chi connectivity index (χ2v) is 7.29. The lowest BCUT2D eigenvalue weighted by atomic mass is 9.73. The van der Waals surface area contributed by atoms with Crippen molar-refractivity contribution in [3.05, 3.63) is 35.5 Å². The van der Waals surface area contributed by atoms with E-state index in [-0.39, 0.29) is 0 Å². The fourth-order valence-electron chi connectivity index (χ4n) is 4.03. The molecule has 1 aliphatic heterocycles. The number of piperidine rings is 1. The molecule has 0 radical (unpaired) electrons. The molecule has 1 aromatic carbocycles. The molecule has 1 fully saturated rings. The molecular formula is C17H20N2OS. The van der Waals surface area contributed by atoms with Gasteiger partial charge < -0.3 is 15.1 Å². The lowest BCUT2D eigenvalue weighted by molar-refractivity contribution is -0.105. The Bertz CT molecular complexity index is 666. The molecule has 0 bridgehead atoms. The van der Waals surface area contributed by atoms with Gasteiger partial charge in [0.25, 0.3) is 0 Å². The quantitative estimate of drug-likeness (QED) is 0.674. The number of aromatic amines is 1. The number of H-pyrrole nitrogens is 1. The highest BCUT2D eigenvalue weighted by molar-refractivity contribution is 7.99. The second kappa shape index (κ2) is 5.50. The molecule has 21 heavy (non-hydrogen) atoms. The van der Waals surface area contributed by atoms with E-state index >= 15 is 0 Å². The average Bonchev–Trinajstić information content (AvgIpc) is 2.93. The fraction of sp³-hybridized carbons (Fsp3) is 0.471. The smallest absolute Gasteiger partial charge is 0.129 e. The SMILES string of the molecule is O=CCSCC1CN[C@@H]2Cc3c[nH]c4cccc(c34)[C@H]2C1. The predicted molar refractivity (Wildman–Crippen MR) is 88.0 cm³/mol. The van der Waals surface area contributed by atoms with E-state index < -0.39 is 0 Å². The maximum Gasteiger partial charge on any atom is 0.129 e. The van der Waals surface area contributed by atoms with Crippen LogP contribution in [-0.2, 0) is 11.2 Å². The van der Waals surface area contributed by atoms with Crippen LogP contribution in [0.1, 0.15) is 23.5 Å². The Morgan fingerprint density at radius 2 is 2.33 bits per heavy atom. The van der Waals surface area contributed by atoms with E-state index in [1.165, 1.54) is 28.5 Å². The molecule has 1 aliphatic carbocycles. The van der Waals surface area contributed by atoms with E-state index in [2.05, 4.69) is 34.7 Å². The van der Waals surface area contributed by atoms with Crippen LogP contribution in [0.25, 0.3) is 10.9 Å². The molecule has 110 valence electrons. The van der Waals surface area contributed by atoms with Gasteiger partial charge in [0, 0.05) is 34.8 Å². The number of rotatable bonds is 4. The minimum atomic E-state index is 0.575. The van der Waals surface area contributed by atoms with Crippen molar-refractivity contribution in [2.45, 2.75) is 24.8 Å². The van der Waals surface area contributed by atoms with Gasteiger partial charge in [0.05, 0.1) is 0 Å². The summed E-state index contributed by atoms with van der Waals surface area (Å²) in [7, 11) is 0.